The van der Waals surface area contributed by atoms with E-state index in [0.29, 0.717) is 5.11 Å². The Balaban J connectivity index is 0. The summed E-state index contributed by atoms with van der Waals surface area (Å²) in [6.07, 6.45) is 1.14. The van der Waals surface area contributed by atoms with Gasteiger partial charge in [0.15, 0.2) is 5.11 Å². The molecule has 2 nitrogen and oxygen atoms in total. The van der Waals surface area contributed by atoms with E-state index in [1.54, 1.807) is 11.9 Å². The molecule has 0 saturated carbocycles. The Hall–Kier alpha value is 0.330. The zero-order valence-corrected chi connectivity index (χ0v) is 7.67. The summed E-state index contributed by atoms with van der Waals surface area (Å²) >= 11 is 6.10. The first kappa shape index (κ1) is 12.0. The molecule has 3 N–H and O–H groups in total. The van der Waals surface area contributed by atoms with Crippen LogP contribution in [0.15, 0.2) is 0 Å². The predicted molar refractivity (Wildman–Crippen MR) is 49.9 cm³/mol. The molecule has 9 heavy (non-hydrogen) atoms. The number of nitrogens with one attached hydrogen (secondary N) is 1. The summed E-state index contributed by atoms with van der Waals surface area (Å²) in [6, 6.07) is 0. The molecule has 0 unspecified atom stereocenters. The van der Waals surface area contributed by atoms with Crippen LogP contribution in [0.2, 0.25) is 0 Å². The van der Waals surface area contributed by atoms with Gasteiger partial charge < -0.3 is 10.5 Å². The van der Waals surface area contributed by atoms with Gasteiger partial charge in [-0.3, -0.25) is 0 Å². The van der Waals surface area contributed by atoms with Gasteiger partial charge in [0.2, 0.25) is 0 Å². The number of hydrogen-bond acceptors (Lipinski definition) is 2. The second kappa shape index (κ2) is 8.33. The van der Waals surface area contributed by atoms with Crippen molar-refractivity contribution in [3.63, 3.8) is 0 Å². The van der Waals surface area contributed by atoms with Gasteiger partial charge in [-0.2, -0.15) is 0 Å². The summed E-state index contributed by atoms with van der Waals surface area (Å²) in [7, 11) is 0. The molecule has 0 aliphatic rings. The first-order chi connectivity index (χ1) is 3.77. The molecule has 0 radical (unpaired) electrons. The van der Waals surface area contributed by atoms with Gasteiger partial charge in [-0.05, 0) is 18.6 Å². The Morgan fingerprint density at radius 3 is 2.67 bits per heavy atom. The molecule has 0 atom stereocenters. The molecule has 0 fully saturated rings. The maximum Gasteiger partial charge on any atom is 0.173 e. The molecular formula is C4H11ClN2S2. The Bertz CT molecular complexity index is 79.0. The van der Waals surface area contributed by atoms with E-state index in [4.69, 9.17) is 5.73 Å². The van der Waals surface area contributed by atoms with Gasteiger partial charge >= 0.3 is 0 Å². The molecule has 0 amide bonds. The highest BCUT2D eigenvalue weighted by Crippen LogP contribution is 1.93. The average Bonchev–Trinajstić information content (AvgIpc) is 1.66. The lowest BCUT2D eigenvalue weighted by Gasteiger charge is -1.97. The predicted octanol–water partition coefficient (Wildman–Crippen LogP) is 1.30. The van der Waals surface area contributed by atoms with Crippen molar-refractivity contribution < 1.29 is 0 Å². The minimum atomic E-state index is 0. The van der Waals surface area contributed by atoms with Crippen molar-refractivity contribution in [1.29, 1.82) is 0 Å². The quantitative estimate of drug-likeness (QED) is 0.396. The Morgan fingerprint density at radius 2 is 2.33 bits per heavy atom. The molecule has 0 aliphatic heterocycles. The first-order valence-corrected chi connectivity index (χ1v) is 3.84. The SMILES string of the molecule is CCCSNC(N)=S.Cl. The number of rotatable bonds is 3. The van der Waals surface area contributed by atoms with Gasteiger partial charge in [0.05, 0.1) is 0 Å². The van der Waals surface area contributed by atoms with Crippen molar-refractivity contribution in [3.8, 4) is 0 Å². The normalized spacial score (nSPS) is 7.67. The van der Waals surface area contributed by atoms with Crippen LogP contribution in [0.1, 0.15) is 13.3 Å². The summed E-state index contributed by atoms with van der Waals surface area (Å²) in [5, 5.41) is 0.364. The largest absolute Gasteiger partial charge is 0.376 e. The molecule has 0 aromatic heterocycles. The summed E-state index contributed by atoms with van der Waals surface area (Å²) in [6.45, 7) is 2.11. The monoisotopic (exact) mass is 186 g/mol. The number of halogens is 1. The smallest absolute Gasteiger partial charge is 0.173 e. The first-order valence-electron chi connectivity index (χ1n) is 2.44. The van der Waals surface area contributed by atoms with Crippen LogP contribution in [0.25, 0.3) is 0 Å². The second-order valence-corrected chi connectivity index (χ2v) is 2.66. The molecule has 0 aliphatic carbocycles. The van der Waals surface area contributed by atoms with Crippen LogP contribution in [-0.4, -0.2) is 10.9 Å². The Kier molecular flexibility index (Phi) is 11.2. The van der Waals surface area contributed by atoms with Crippen molar-refractivity contribution >= 4 is 41.7 Å². The highest BCUT2D eigenvalue weighted by atomic mass is 35.5. The molecular weight excluding hydrogens is 176 g/mol. The van der Waals surface area contributed by atoms with Crippen LogP contribution in [0.5, 0.6) is 0 Å². The fourth-order valence-electron chi connectivity index (χ4n) is 0.224. The fraction of sp³-hybridized carbons (Fsp3) is 0.750. The lowest BCUT2D eigenvalue weighted by Crippen LogP contribution is -2.22. The standard InChI is InChI=1S/C4H10N2S2.ClH/c1-2-3-8-6-4(5)7;/h2-3H2,1H3,(H3,5,6,7);1H. The molecule has 0 aromatic carbocycles. The third-order valence-electron chi connectivity index (χ3n) is 0.479. The maximum absolute atomic E-state index is 5.13. The van der Waals surface area contributed by atoms with Crippen LogP contribution in [0, 0.1) is 0 Å². The molecule has 0 spiro atoms. The Morgan fingerprint density at radius 1 is 1.78 bits per heavy atom. The molecule has 5 heteroatoms. The van der Waals surface area contributed by atoms with Crippen LogP contribution >= 0.6 is 36.6 Å². The van der Waals surface area contributed by atoms with Gasteiger partial charge in [-0.15, -0.1) is 12.4 Å². The van der Waals surface area contributed by atoms with Crippen molar-refractivity contribution in [2.75, 3.05) is 5.75 Å². The van der Waals surface area contributed by atoms with E-state index in [2.05, 4.69) is 23.9 Å². The molecule has 0 bridgehead atoms. The average molecular weight is 187 g/mol. The van der Waals surface area contributed by atoms with E-state index >= 15 is 0 Å². The zero-order chi connectivity index (χ0) is 6.41. The molecule has 0 rings (SSSR count). The van der Waals surface area contributed by atoms with E-state index in [-0.39, 0.29) is 12.4 Å². The number of nitrogens with two attached hydrogens (primary N) is 1. The van der Waals surface area contributed by atoms with Gasteiger partial charge in [-0.25, -0.2) is 0 Å². The number of hydrogen-bond donors (Lipinski definition) is 2. The lowest BCUT2D eigenvalue weighted by atomic mass is 10.6. The second-order valence-electron chi connectivity index (χ2n) is 1.31. The van der Waals surface area contributed by atoms with Crippen molar-refractivity contribution in [3.05, 3.63) is 0 Å². The van der Waals surface area contributed by atoms with E-state index in [1.165, 1.54) is 0 Å². The zero-order valence-electron chi connectivity index (χ0n) is 5.22. The van der Waals surface area contributed by atoms with Crippen LogP contribution < -0.4 is 10.5 Å². The van der Waals surface area contributed by atoms with Crippen molar-refractivity contribution in [2.45, 2.75) is 13.3 Å². The molecule has 0 aromatic rings. The summed E-state index contributed by atoms with van der Waals surface area (Å²) in [5.41, 5.74) is 5.13. The van der Waals surface area contributed by atoms with Crippen LogP contribution in [-0.2, 0) is 0 Å². The topological polar surface area (TPSA) is 38.0 Å². The summed E-state index contributed by atoms with van der Waals surface area (Å²) in [4.78, 5) is 0. The van der Waals surface area contributed by atoms with Gasteiger partial charge in [-0.1, -0.05) is 18.9 Å². The fourth-order valence-corrected chi connectivity index (χ4v) is 0.849. The van der Waals surface area contributed by atoms with Gasteiger partial charge in [0, 0.05) is 5.75 Å². The molecule has 56 valence electrons. The summed E-state index contributed by atoms with van der Waals surface area (Å²) in [5.74, 6) is 1.05. The van der Waals surface area contributed by atoms with Gasteiger partial charge in [0.25, 0.3) is 0 Å². The molecule has 0 saturated heterocycles. The van der Waals surface area contributed by atoms with E-state index in [0.717, 1.165) is 12.2 Å². The van der Waals surface area contributed by atoms with Crippen molar-refractivity contribution in [2.24, 2.45) is 5.73 Å². The van der Waals surface area contributed by atoms with E-state index in [1.807, 2.05) is 0 Å². The molecule has 0 heterocycles. The lowest BCUT2D eigenvalue weighted by molar-refractivity contribution is 1.10. The third kappa shape index (κ3) is 11.7. The maximum atomic E-state index is 5.13. The van der Waals surface area contributed by atoms with Gasteiger partial charge in [0.1, 0.15) is 0 Å². The minimum Gasteiger partial charge on any atom is -0.376 e. The highest BCUT2D eigenvalue weighted by molar-refractivity contribution is 7.98. The van der Waals surface area contributed by atoms with Crippen LogP contribution in [0.3, 0.4) is 0 Å². The number of thiocarbonyl (C=S) groups is 1. The Labute approximate surface area is 71.5 Å². The van der Waals surface area contributed by atoms with Crippen LogP contribution in [0.4, 0.5) is 0 Å². The van der Waals surface area contributed by atoms with Crippen molar-refractivity contribution in [1.82, 2.24) is 4.72 Å². The van der Waals surface area contributed by atoms with E-state index in [9.17, 15) is 0 Å². The highest BCUT2D eigenvalue weighted by Gasteiger charge is 1.83. The summed E-state index contributed by atoms with van der Waals surface area (Å²) < 4.78 is 2.77. The third-order valence-corrected chi connectivity index (χ3v) is 1.69. The van der Waals surface area contributed by atoms with E-state index < -0.39 is 0 Å². The minimum absolute atomic E-state index is 0.